The van der Waals surface area contributed by atoms with E-state index in [1.165, 1.54) is 16.0 Å². The summed E-state index contributed by atoms with van der Waals surface area (Å²) in [6.45, 7) is 5.60. The molecule has 0 radical (unpaired) electrons. The monoisotopic (exact) mass is 301 g/mol. The molecule has 0 unspecified atom stereocenters. The third-order valence-electron chi connectivity index (χ3n) is 3.28. The number of hydrogen-bond donors (Lipinski definition) is 1. The molecule has 0 fully saturated rings. The lowest BCUT2D eigenvalue weighted by molar-refractivity contribution is 0.318. The van der Waals surface area contributed by atoms with E-state index in [1.54, 1.807) is 0 Å². The van der Waals surface area contributed by atoms with Gasteiger partial charge in [0.15, 0.2) is 0 Å². The van der Waals surface area contributed by atoms with Crippen molar-refractivity contribution in [3.8, 4) is 5.75 Å². The van der Waals surface area contributed by atoms with Crippen molar-refractivity contribution in [2.45, 2.75) is 31.7 Å². The summed E-state index contributed by atoms with van der Waals surface area (Å²) in [6.07, 6.45) is 1.03. The van der Waals surface area contributed by atoms with E-state index in [-0.39, 0.29) is 0 Å². The maximum Gasteiger partial charge on any atom is 0.119 e. The lowest BCUT2D eigenvalue weighted by Crippen LogP contribution is -2.01. The van der Waals surface area contributed by atoms with E-state index in [4.69, 9.17) is 10.5 Å². The van der Waals surface area contributed by atoms with Gasteiger partial charge in [-0.05, 0) is 49.6 Å². The maximum absolute atomic E-state index is 5.77. The minimum atomic E-state index is 0.555. The SMILES string of the molecule is Cc1ccc(SCCCOc2cccc(CN)c2)c(C)c1. The average molecular weight is 301 g/mol. The molecule has 2 rings (SSSR count). The molecule has 0 amide bonds. The summed E-state index contributed by atoms with van der Waals surface area (Å²) in [5, 5.41) is 0. The van der Waals surface area contributed by atoms with Crippen LogP contribution in [0.3, 0.4) is 0 Å². The molecule has 0 aliphatic carbocycles. The second-order valence-corrected chi connectivity index (χ2v) is 6.31. The molecule has 21 heavy (non-hydrogen) atoms. The van der Waals surface area contributed by atoms with E-state index in [2.05, 4.69) is 32.0 Å². The van der Waals surface area contributed by atoms with Crippen LogP contribution in [0.2, 0.25) is 0 Å². The predicted octanol–water partition coefficient (Wildman–Crippen LogP) is 4.32. The van der Waals surface area contributed by atoms with Crippen LogP contribution in [-0.2, 0) is 6.54 Å². The molecule has 0 saturated heterocycles. The molecule has 2 N–H and O–H groups in total. The lowest BCUT2D eigenvalue weighted by atomic mass is 10.2. The van der Waals surface area contributed by atoms with Crippen LogP contribution < -0.4 is 10.5 Å². The summed E-state index contributed by atoms with van der Waals surface area (Å²) < 4.78 is 5.77. The van der Waals surface area contributed by atoms with Gasteiger partial charge in [-0.3, -0.25) is 0 Å². The Morgan fingerprint density at radius 3 is 2.71 bits per heavy atom. The highest BCUT2D eigenvalue weighted by Gasteiger charge is 2.00. The van der Waals surface area contributed by atoms with Gasteiger partial charge in [0.1, 0.15) is 5.75 Å². The van der Waals surface area contributed by atoms with Crippen LogP contribution in [0.15, 0.2) is 47.4 Å². The Bertz CT molecular complexity index is 583. The standard InChI is InChI=1S/C18H23NOS/c1-14-7-8-18(15(2)11-14)21-10-4-9-20-17-6-3-5-16(12-17)13-19/h3,5-8,11-12H,4,9-10,13,19H2,1-2H3. The van der Waals surface area contributed by atoms with Gasteiger partial charge < -0.3 is 10.5 Å². The van der Waals surface area contributed by atoms with Crippen molar-refractivity contribution in [3.63, 3.8) is 0 Å². The number of nitrogens with two attached hydrogens (primary N) is 1. The number of thioether (sulfide) groups is 1. The number of benzene rings is 2. The average Bonchev–Trinajstić information content (AvgIpc) is 2.49. The molecule has 0 spiro atoms. The Labute approximate surface area is 131 Å². The minimum absolute atomic E-state index is 0.555. The van der Waals surface area contributed by atoms with Crippen molar-refractivity contribution in [1.82, 2.24) is 0 Å². The minimum Gasteiger partial charge on any atom is -0.494 e. The van der Waals surface area contributed by atoms with Crippen molar-refractivity contribution in [1.29, 1.82) is 0 Å². The Balaban J connectivity index is 1.72. The molecular formula is C18H23NOS. The fraction of sp³-hybridized carbons (Fsp3) is 0.333. The van der Waals surface area contributed by atoms with E-state index in [0.717, 1.165) is 30.1 Å². The van der Waals surface area contributed by atoms with Gasteiger partial charge in [0.2, 0.25) is 0 Å². The van der Waals surface area contributed by atoms with Gasteiger partial charge in [-0.2, -0.15) is 0 Å². The van der Waals surface area contributed by atoms with Crippen molar-refractivity contribution in [3.05, 3.63) is 59.2 Å². The van der Waals surface area contributed by atoms with Gasteiger partial charge in [-0.1, -0.05) is 29.8 Å². The highest BCUT2D eigenvalue weighted by Crippen LogP contribution is 2.23. The fourth-order valence-corrected chi connectivity index (χ4v) is 3.09. The molecule has 112 valence electrons. The number of ether oxygens (including phenoxy) is 1. The van der Waals surface area contributed by atoms with Crippen LogP contribution in [0.4, 0.5) is 0 Å². The van der Waals surface area contributed by atoms with Crippen molar-refractivity contribution >= 4 is 11.8 Å². The fourth-order valence-electron chi connectivity index (χ4n) is 2.15. The molecule has 0 saturated carbocycles. The van der Waals surface area contributed by atoms with Crippen molar-refractivity contribution in [2.75, 3.05) is 12.4 Å². The normalized spacial score (nSPS) is 10.6. The zero-order chi connectivity index (χ0) is 15.1. The van der Waals surface area contributed by atoms with E-state index >= 15 is 0 Å². The highest BCUT2D eigenvalue weighted by atomic mass is 32.2. The summed E-state index contributed by atoms with van der Waals surface area (Å²) in [5.74, 6) is 1.98. The zero-order valence-corrected chi connectivity index (χ0v) is 13.6. The van der Waals surface area contributed by atoms with E-state index in [1.807, 2.05) is 36.0 Å². The first kappa shape index (κ1) is 15.9. The molecule has 0 aromatic heterocycles. The van der Waals surface area contributed by atoms with Crippen LogP contribution in [-0.4, -0.2) is 12.4 Å². The van der Waals surface area contributed by atoms with Gasteiger partial charge >= 0.3 is 0 Å². The molecule has 0 heterocycles. The molecular weight excluding hydrogens is 278 g/mol. The van der Waals surface area contributed by atoms with Gasteiger partial charge in [-0.25, -0.2) is 0 Å². The van der Waals surface area contributed by atoms with E-state index in [9.17, 15) is 0 Å². The second-order valence-electron chi connectivity index (χ2n) is 5.17. The molecule has 2 nitrogen and oxygen atoms in total. The molecule has 0 bridgehead atoms. The Hall–Kier alpha value is -1.45. The summed E-state index contributed by atoms with van der Waals surface area (Å²) in [4.78, 5) is 1.37. The van der Waals surface area contributed by atoms with Gasteiger partial charge in [0.05, 0.1) is 6.61 Å². The van der Waals surface area contributed by atoms with Crippen molar-refractivity contribution in [2.24, 2.45) is 5.73 Å². The second kappa shape index (κ2) is 8.11. The first-order chi connectivity index (χ1) is 10.2. The third-order valence-corrected chi connectivity index (χ3v) is 4.54. The first-order valence-electron chi connectivity index (χ1n) is 7.31. The molecule has 0 atom stereocenters. The predicted molar refractivity (Wildman–Crippen MR) is 91.1 cm³/mol. The Morgan fingerprint density at radius 1 is 1.10 bits per heavy atom. The van der Waals surface area contributed by atoms with Gasteiger partial charge in [0, 0.05) is 17.2 Å². The maximum atomic E-state index is 5.77. The third kappa shape index (κ3) is 5.10. The van der Waals surface area contributed by atoms with Crippen molar-refractivity contribution < 1.29 is 4.74 Å². The van der Waals surface area contributed by atoms with E-state index in [0.29, 0.717) is 6.54 Å². The molecule has 2 aromatic carbocycles. The van der Waals surface area contributed by atoms with Gasteiger partial charge in [0.25, 0.3) is 0 Å². The summed E-state index contributed by atoms with van der Waals surface area (Å²) in [7, 11) is 0. The van der Waals surface area contributed by atoms with Crippen LogP contribution >= 0.6 is 11.8 Å². The lowest BCUT2D eigenvalue weighted by Gasteiger charge is -2.09. The zero-order valence-electron chi connectivity index (χ0n) is 12.8. The quantitative estimate of drug-likeness (QED) is 0.611. The Kier molecular flexibility index (Phi) is 6.15. The molecule has 0 aliphatic heterocycles. The van der Waals surface area contributed by atoms with Crippen LogP contribution in [0.5, 0.6) is 5.75 Å². The topological polar surface area (TPSA) is 35.2 Å². The summed E-state index contributed by atoms with van der Waals surface area (Å²) in [6, 6.07) is 14.6. The van der Waals surface area contributed by atoms with E-state index < -0.39 is 0 Å². The summed E-state index contributed by atoms with van der Waals surface area (Å²) >= 11 is 1.90. The first-order valence-corrected chi connectivity index (χ1v) is 8.29. The summed E-state index contributed by atoms with van der Waals surface area (Å²) in [5.41, 5.74) is 9.41. The van der Waals surface area contributed by atoms with Gasteiger partial charge in [-0.15, -0.1) is 11.8 Å². The number of aryl methyl sites for hydroxylation is 2. The molecule has 3 heteroatoms. The largest absolute Gasteiger partial charge is 0.494 e. The van der Waals surface area contributed by atoms with Crippen LogP contribution in [0.1, 0.15) is 23.1 Å². The highest BCUT2D eigenvalue weighted by molar-refractivity contribution is 7.99. The van der Waals surface area contributed by atoms with Crippen LogP contribution in [0.25, 0.3) is 0 Å². The number of rotatable bonds is 7. The molecule has 2 aromatic rings. The van der Waals surface area contributed by atoms with Crippen LogP contribution in [0, 0.1) is 13.8 Å². The number of hydrogen-bond acceptors (Lipinski definition) is 3. The Morgan fingerprint density at radius 2 is 1.95 bits per heavy atom. The smallest absolute Gasteiger partial charge is 0.119 e. The molecule has 0 aliphatic rings.